The zero-order valence-corrected chi connectivity index (χ0v) is 20.1. The minimum Gasteiger partial charge on any atom is -0.355 e. The monoisotopic (exact) mass is 513 g/mol. The van der Waals surface area contributed by atoms with Crippen LogP contribution in [0.2, 0.25) is 0 Å². The SMILES string of the molecule is CN=C(NCCN1CCN(c2ncccn2)CC1)NCc1c(C)nn(C)c1C.I. The van der Waals surface area contributed by atoms with Gasteiger partial charge in [-0.3, -0.25) is 14.6 Å². The predicted molar refractivity (Wildman–Crippen MR) is 127 cm³/mol. The number of hydrogen-bond acceptors (Lipinski definition) is 6. The van der Waals surface area contributed by atoms with Crippen molar-refractivity contribution in [2.24, 2.45) is 12.0 Å². The first-order chi connectivity index (χ1) is 13.6. The highest BCUT2D eigenvalue weighted by Gasteiger charge is 2.18. The largest absolute Gasteiger partial charge is 0.355 e. The van der Waals surface area contributed by atoms with Crippen LogP contribution in [0.1, 0.15) is 17.0 Å². The van der Waals surface area contributed by atoms with E-state index in [1.165, 1.54) is 11.3 Å². The number of nitrogens with zero attached hydrogens (tertiary/aromatic N) is 7. The molecule has 2 aromatic heterocycles. The normalized spacial score (nSPS) is 15.2. The first kappa shape index (κ1) is 23.3. The highest BCUT2D eigenvalue weighted by Crippen LogP contribution is 2.11. The molecule has 0 radical (unpaired) electrons. The van der Waals surface area contributed by atoms with Crippen LogP contribution >= 0.6 is 24.0 Å². The zero-order chi connectivity index (χ0) is 19.9. The molecule has 9 nitrogen and oxygen atoms in total. The maximum Gasteiger partial charge on any atom is 0.225 e. The Bertz CT molecular complexity index is 782. The molecule has 10 heteroatoms. The minimum absolute atomic E-state index is 0. The molecule has 2 aromatic rings. The van der Waals surface area contributed by atoms with Crippen LogP contribution in [0.5, 0.6) is 0 Å². The summed E-state index contributed by atoms with van der Waals surface area (Å²) in [5.41, 5.74) is 3.47. The van der Waals surface area contributed by atoms with Crippen molar-refractivity contribution in [1.82, 2.24) is 35.3 Å². The molecule has 1 fully saturated rings. The Morgan fingerprint density at radius 2 is 1.79 bits per heavy atom. The highest BCUT2D eigenvalue weighted by molar-refractivity contribution is 14.0. The lowest BCUT2D eigenvalue weighted by atomic mass is 10.2. The molecule has 160 valence electrons. The van der Waals surface area contributed by atoms with Crippen LogP contribution in [0, 0.1) is 13.8 Å². The maximum atomic E-state index is 4.46. The number of aromatic nitrogens is 4. The number of anilines is 1. The summed E-state index contributed by atoms with van der Waals surface area (Å²) in [6.07, 6.45) is 3.59. The van der Waals surface area contributed by atoms with Crippen molar-refractivity contribution in [2.45, 2.75) is 20.4 Å². The highest BCUT2D eigenvalue weighted by atomic mass is 127. The van der Waals surface area contributed by atoms with Crippen molar-refractivity contribution in [2.75, 3.05) is 51.2 Å². The van der Waals surface area contributed by atoms with E-state index in [4.69, 9.17) is 0 Å². The predicted octanol–water partition coefficient (Wildman–Crippen LogP) is 0.932. The lowest BCUT2D eigenvalue weighted by Gasteiger charge is -2.34. The fourth-order valence-electron chi connectivity index (χ4n) is 3.42. The molecule has 2 N–H and O–H groups in total. The van der Waals surface area contributed by atoms with Gasteiger partial charge in [-0.1, -0.05) is 0 Å². The number of piperazine rings is 1. The molecule has 0 saturated carbocycles. The topological polar surface area (TPSA) is 86.5 Å². The van der Waals surface area contributed by atoms with Crippen molar-refractivity contribution in [1.29, 1.82) is 0 Å². The lowest BCUT2D eigenvalue weighted by Crippen LogP contribution is -2.49. The van der Waals surface area contributed by atoms with Crippen molar-refractivity contribution in [3.8, 4) is 0 Å². The Morgan fingerprint density at radius 1 is 1.10 bits per heavy atom. The van der Waals surface area contributed by atoms with E-state index in [1.54, 1.807) is 19.4 Å². The van der Waals surface area contributed by atoms with Crippen LogP contribution in [-0.2, 0) is 13.6 Å². The molecule has 1 saturated heterocycles. The molecule has 3 rings (SSSR count). The summed E-state index contributed by atoms with van der Waals surface area (Å²) >= 11 is 0. The molecule has 0 atom stereocenters. The number of aryl methyl sites for hydroxylation is 2. The molecule has 3 heterocycles. The van der Waals surface area contributed by atoms with Gasteiger partial charge < -0.3 is 15.5 Å². The van der Waals surface area contributed by atoms with Crippen LogP contribution in [0.25, 0.3) is 0 Å². The lowest BCUT2D eigenvalue weighted by molar-refractivity contribution is 0.260. The van der Waals surface area contributed by atoms with E-state index >= 15 is 0 Å². The van der Waals surface area contributed by atoms with E-state index in [-0.39, 0.29) is 24.0 Å². The quantitative estimate of drug-likeness (QED) is 0.338. The fourth-order valence-corrected chi connectivity index (χ4v) is 3.42. The summed E-state index contributed by atoms with van der Waals surface area (Å²) < 4.78 is 1.92. The average Bonchev–Trinajstić information content (AvgIpc) is 2.97. The Kier molecular flexibility index (Phi) is 9.08. The third kappa shape index (κ3) is 6.26. The third-order valence-electron chi connectivity index (χ3n) is 5.24. The molecule has 0 amide bonds. The van der Waals surface area contributed by atoms with Crippen LogP contribution in [0.4, 0.5) is 5.95 Å². The second-order valence-corrected chi connectivity index (χ2v) is 7.00. The number of hydrogen-bond donors (Lipinski definition) is 2. The van der Waals surface area contributed by atoms with Gasteiger partial charge in [-0.15, -0.1) is 24.0 Å². The van der Waals surface area contributed by atoms with E-state index in [2.05, 4.69) is 47.4 Å². The van der Waals surface area contributed by atoms with Gasteiger partial charge in [0.2, 0.25) is 5.95 Å². The molecule has 0 aromatic carbocycles. The van der Waals surface area contributed by atoms with Crippen molar-refractivity contribution >= 4 is 35.9 Å². The molecule has 1 aliphatic heterocycles. The second kappa shape index (κ2) is 11.3. The minimum atomic E-state index is 0. The van der Waals surface area contributed by atoms with Crippen molar-refractivity contribution < 1.29 is 0 Å². The molecule has 0 unspecified atom stereocenters. The van der Waals surface area contributed by atoms with Gasteiger partial charge in [0, 0.05) is 83.6 Å². The molecule has 1 aliphatic rings. The summed E-state index contributed by atoms with van der Waals surface area (Å²) in [5, 5.41) is 11.3. The summed E-state index contributed by atoms with van der Waals surface area (Å²) in [4.78, 5) is 17.7. The molecular formula is C19H32IN9. The Hall–Kier alpha value is -1.95. The average molecular weight is 513 g/mol. The van der Waals surface area contributed by atoms with Gasteiger partial charge in [-0.25, -0.2) is 9.97 Å². The number of nitrogens with one attached hydrogen (secondary N) is 2. The Morgan fingerprint density at radius 3 is 2.38 bits per heavy atom. The van der Waals surface area contributed by atoms with Crippen LogP contribution < -0.4 is 15.5 Å². The number of guanidine groups is 1. The zero-order valence-electron chi connectivity index (χ0n) is 17.7. The van der Waals surface area contributed by atoms with Gasteiger partial charge in [-0.05, 0) is 19.9 Å². The Balaban J connectivity index is 0.00000300. The van der Waals surface area contributed by atoms with Crippen molar-refractivity contribution in [3.05, 3.63) is 35.4 Å². The van der Waals surface area contributed by atoms with Gasteiger partial charge >= 0.3 is 0 Å². The van der Waals surface area contributed by atoms with Gasteiger partial charge in [-0.2, -0.15) is 5.10 Å². The van der Waals surface area contributed by atoms with E-state index in [1.807, 2.05) is 24.7 Å². The summed E-state index contributed by atoms with van der Waals surface area (Å²) in [7, 11) is 3.78. The molecule has 0 aliphatic carbocycles. The van der Waals surface area contributed by atoms with E-state index in [0.29, 0.717) is 0 Å². The van der Waals surface area contributed by atoms with Crippen LogP contribution in [0.3, 0.4) is 0 Å². The molecule has 29 heavy (non-hydrogen) atoms. The molecular weight excluding hydrogens is 481 g/mol. The standard InChI is InChI=1S/C19H31N9.HI/c1-15-17(16(2)26(4)25-15)14-24-18(20-3)21-8-9-27-10-12-28(13-11-27)19-22-6-5-7-23-19;/h5-7H,8-14H2,1-4H3,(H2,20,21,24);1H. The number of halogens is 1. The summed E-state index contributed by atoms with van der Waals surface area (Å²) in [6, 6.07) is 1.85. The van der Waals surface area contributed by atoms with Crippen molar-refractivity contribution in [3.63, 3.8) is 0 Å². The van der Waals surface area contributed by atoms with Gasteiger partial charge in [0.25, 0.3) is 0 Å². The maximum absolute atomic E-state index is 4.46. The summed E-state index contributed by atoms with van der Waals surface area (Å²) in [6.45, 7) is 10.6. The van der Waals surface area contributed by atoms with E-state index < -0.39 is 0 Å². The molecule has 0 spiro atoms. The first-order valence-corrected chi connectivity index (χ1v) is 9.76. The van der Waals surface area contributed by atoms with E-state index in [0.717, 1.165) is 63.4 Å². The summed E-state index contributed by atoms with van der Waals surface area (Å²) in [5.74, 6) is 1.64. The first-order valence-electron chi connectivity index (χ1n) is 9.76. The van der Waals surface area contributed by atoms with Gasteiger partial charge in [0.1, 0.15) is 0 Å². The van der Waals surface area contributed by atoms with Crippen LogP contribution in [-0.4, -0.2) is 76.9 Å². The van der Waals surface area contributed by atoms with E-state index in [9.17, 15) is 0 Å². The second-order valence-electron chi connectivity index (χ2n) is 7.00. The Labute approximate surface area is 190 Å². The fraction of sp³-hybridized carbons (Fsp3) is 0.579. The third-order valence-corrected chi connectivity index (χ3v) is 5.24. The number of rotatable bonds is 6. The van der Waals surface area contributed by atoms with Gasteiger partial charge in [0.05, 0.1) is 5.69 Å². The number of aliphatic imine (C=N–C) groups is 1. The molecule has 0 bridgehead atoms. The smallest absolute Gasteiger partial charge is 0.225 e. The van der Waals surface area contributed by atoms with Gasteiger partial charge in [0.15, 0.2) is 5.96 Å². The van der Waals surface area contributed by atoms with Crippen LogP contribution in [0.15, 0.2) is 23.5 Å².